The van der Waals surface area contributed by atoms with Crippen molar-refractivity contribution in [3.05, 3.63) is 48.0 Å². The second-order valence-corrected chi connectivity index (χ2v) is 10.2. The van der Waals surface area contributed by atoms with E-state index in [9.17, 15) is 8.42 Å². The molecule has 0 saturated carbocycles. The smallest absolute Gasteiger partial charge is 0.241 e. The van der Waals surface area contributed by atoms with Gasteiger partial charge in [0.25, 0.3) is 0 Å². The van der Waals surface area contributed by atoms with Gasteiger partial charge in [-0.3, -0.25) is 4.90 Å². The topological polar surface area (TPSA) is 91.1 Å². The fourth-order valence-corrected chi connectivity index (χ4v) is 4.58. The Bertz CT molecular complexity index is 986. The van der Waals surface area contributed by atoms with Crippen LogP contribution < -0.4 is 19.3 Å². The van der Waals surface area contributed by atoms with Crippen LogP contribution in [-0.2, 0) is 16.4 Å². The summed E-state index contributed by atoms with van der Waals surface area (Å²) in [6, 6.07) is 12.9. The van der Waals surface area contributed by atoms with Gasteiger partial charge >= 0.3 is 0 Å². The molecule has 2 N–H and O–H groups in total. The maximum absolute atomic E-state index is 12.0. The van der Waals surface area contributed by atoms with Gasteiger partial charge in [-0.15, -0.1) is 0 Å². The zero-order valence-corrected chi connectivity index (χ0v) is 20.7. The number of para-hydroxylation sites is 2. The number of hydrogen-bond acceptors (Lipinski definition) is 6. The first kappa shape index (κ1) is 26.0. The van der Waals surface area contributed by atoms with Gasteiger partial charge in [-0.1, -0.05) is 18.2 Å². The molecule has 0 aromatic heterocycles. The van der Waals surface area contributed by atoms with E-state index < -0.39 is 10.0 Å². The average molecular weight is 465 g/mol. The predicted octanol–water partition coefficient (Wildman–Crippen LogP) is 3.85. The molecule has 0 aliphatic carbocycles. The summed E-state index contributed by atoms with van der Waals surface area (Å²) in [6.45, 7) is 12.3. The van der Waals surface area contributed by atoms with E-state index in [2.05, 4.69) is 32.6 Å². The van der Waals surface area contributed by atoms with Crippen LogP contribution >= 0.6 is 0 Å². The third-order valence-electron chi connectivity index (χ3n) is 5.20. The molecule has 0 aliphatic rings. The number of sulfonamides is 1. The minimum atomic E-state index is -3.88. The standard InChI is InChI=1S/C24H36N2O5S/c1-7-30-20-10-8-9-11-21(20)31-15-14-26(24(3,4)5)18(2)16-19-12-13-22(29-6)23(17-19)32(25,27)28/h8-13,17-18H,7,14-16H2,1-6H3,(H2,25,27,28). The monoisotopic (exact) mass is 464 g/mol. The Hall–Kier alpha value is -2.29. The fraction of sp³-hybridized carbons (Fsp3) is 0.500. The average Bonchev–Trinajstić information content (AvgIpc) is 2.70. The number of nitrogens with two attached hydrogens (primary N) is 1. The number of rotatable bonds is 11. The quantitative estimate of drug-likeness (QED) is 0.543. The van der Waals surface area contributed by atoms with Crippen molar-refractivity contribution in [1.82, 2.24) is 4.90 Å². The van der Waals surface area contributed by atoms with E-state index in [1.54, 1.807) is 12.1 Å². The van der Waals surface area contributed by atoms with Crippen LogP contribution in [0.25, 0.3) is 0 Å². The number of nitrogens with zero attached hydrogens (tertiary/aromatic N) is 1. The first-order chi connectivity index (χ1) is 15.0. The highest BCUT2D eigenvalue weighted by molar-refractivity contribution is 7.89. The Morgan fingerprint density at radius 2 is 1.66 bits per heavy atom. The van der Waals surface area contributed by atoms with Crippen molar-refractivity contribution in [2.45, 2.75) is 57.5 Å². The largest absolute Gasteiger partial charge is 0.495 e. The van der Waals surface area contributed by atoms with Crippen molar-refractivity contribution in [1.29, 1.82) is 0 Å². The highest BCUT2D eigenvalue weighted by Gasteiger charge is 2.27. The SMILES string of the molecule is CCOc1ccccc1OCCN(C(C)Cc1ccc(OC)c(S(N)(=O)=O)c1)C(C)(C)C. The number of methoxy groups -OCH3 is 1. The summed E-state index contributed by atoms with van der Waals surface area (Å²) in [4.78, 5) is 2.35. The zero-order valence-electron chi connectivity index (χ0n) is 19.9. The Labute approximate surface area is 192 Å². The molecule has 8 heteroatoms. The van der Waals surface area contributed by atoms with Crippen LogP contribution in [0.1, 0.15) is 40.2 Å². The lowest BCUT2D eigenvalue weighted by Gasteiger charge is -2.40. The summed E-state index contributed by atoms with van der Waals surface area (Å²) in [7, 11) is -2.45. The van der Waals surface area contributed by atoms with Crippen molar-refractivity contribution in [2.75, 3.05) is 26.9 Å². The lowest BCUT2D eigenvalue weighted by atomic mass is 9.99. The Morgan fingerprint density at radius 1 is 1.03 bits per heavy atom. The molecular weight excluding hydrogens is 428 g/mol. The zero-order chi connectivity index (χ0) is 23.9. The molecule has 0 amide bonds. The highest BCUT2D eigenvalue weighted by atomic mass is 32.2. The summed E-state index contributed by atoms with van der Waals surface area (Å²) in [5.41, 5.74) is 0.761. The summed E-state index contributed by atoms with van der Waals surface area (Å²) in [5.74, 6) is 1.71. The normalized spacial score (nSPS) is 13.1. The Kier molecular flexibility index (Phi) is 8.95. The van der Waals surface area contributed by atoms with Crippen LogP contribution in [0.15, 0.2) is 47.4 Å². The van der Waals surface area contributed by atoms with Gasteiger partial charge in [-0.2, -0.15) is 0 Å². The van der Waals surface area contributed by atoms with Gasteiger partial charge in [-0.05, 0) is 70.9 Å². The molecule has 2 rings (SSSR count). The van der Waals surface area contributed by atoms with Gasteiger partial charge < -0.3 is 14.2 Å². The third-order valence-corrected chi connectivity index (χ3v) is 6.13. The van der Waals surface area contributed by atoms with Gasteiger partial charge in [0.05, 0.1) is 13.7 Å². The maximum Gasteiger partial charge on any atom is 0.241 e. The molecule has 32 heavy (non-hydrogen) atoms. The minimum Gasteiger partial charge on any atom is -0.495 e. The highest BCUT2D eigenvalue weighted by Crippen LogP contribution is 2.28. The van der Waals surface area contributed by atoms with Crippen molar-refractivity contribution in [3.63, 3.8) is 0 Å². The molecule has 0 fully saturated rings. The molecule has 178 valence electrons. The van der Waals surface area contributed by atoms with E-state index in [1.807, 2.05) is 37.3 Å². The first-order valence-corrected chi connectivity index (χ1v) is 12.3. The second-order valence-electron chi connectivity index (χ2n) is 8.68. The van der Waals surface area contributed by atoms with Crippen molar-refractivity contribution in [3.8, 4) is 17.2 Å². The maximum atomic E-state index is 12.0. The third kappa shape index (κ3) is 7.12. The van der Waals surface area contributed by atoms with Crippen molar-refractivity contribution >= 4 is 10.0 Å². The van der Waals surface area contributed by atoms with Crippen molar-refractivity contribution in [2.24, 2.45) is 5.14 Å². The molecule has 2 aromatic rings. The van der Waals surface area contributed by atoms with Crippen LogP contribution in [0, 0.1) is 0 Å². The summed E-state index contributed by atoms with van der Waals surface area (Å²) >= 11 is 0. The summed E-state index contributed by atoms with van der Waals surface area (Å²) in [5, 5.41) is 5.37. The minimum absolute atomic E-state index is 0.00266. The molecule has 0 heterocycles. The molecule has 0 spiro atoms. The number of benzene rings is 2. The number of ether oxygens (including phenoxy) is 3. The van der Waals surface area contributed by atoms with Gasteiger partial charge in [0.15, 0.2) is 11.5 Å². The first-order valence-electron chi connectivity index (χ1n) is 10.8. The van der Waals surface area contributed by atoms with Gasteiger partial charge in [0, 0.05) is 18.1 Å². The molecule has 0 bridgehead atoms. The Morgan fingerprint density at radius 3 is 2.19 bits per heavy atom. The van der Waals surface area contributed by atoms with Gasteiger partial charge in [-0.25, -0.2) is 13.6 Å². The lowest BCUT2D eigenvalue weighted by Crippen LogP contribution is -2.49. The molecule has 1 unspecified atom stereocenters. The fourth-order valence-electron chi connectivity index (χ4n) is 3.84. The van der Waals surface area contributed by atoms with Crippen LogP contribution in [0.4, 0.5) is 0 Å². The molecule has 0 radical (unpaired) electrons. The second kappa shape index (κ2) is 11.0. The molecule has 0 saturated heterocycles. The van der Waals surface area contributed by atoms with Gasteiger partial charge in [0.2, 0.25) is 10.0 Å². The van der Waals surface area contributed by atoms with Crippen LogP contribution in [-0.4, -0.2) is 51.8 Å². The van der Waals surface area contributed by atoms with Gasteiger partial charge in [0.1, 0.15) is 17.3 Å². The number of hydrogen-bond donors (Lipinski definition) is 1. The van der Waals surface area contributed by atoms with E-state index in [0.29, 0.717) is 26.2 Å². The molecule has 2 aromatic carbocycles. The van der Waals surface area contributed by atoms with Crippen LogP contribution in [0.5, 0.6) is 17.2 Å². The molecule has 7 nitrogen and oxygen atoms in total. The Balaban J connectivity index is 2.13. The van der Waals surface area contributed by atoms with E-state index in [-0.39, 0.29) is 22.2 Å². The molecular formula is C24H36N2O5S. The van der Waals surface area contributed by atoms with Crippen molar-refractivity contribution < 1.29 is 22.6 Å². The van der Waals surface area contributed by atoms with E-state index in [4.69, 9.17) is 19.3 Å². The van der Waals surface area contributed by atoms with E-state index >= 15 is 0 Å². The molecule has 0 aliphatic heterocycles. The molecule has 1 atom stereocenters. The van der Waals surface area contributed by atoms with E-state index in [0.717, 1.165) is 17.1 Å². The summed E-state index contributed by atoms with van der Waals surface area (Å²) in [6.07, 6.45) is 0.652. The predicted molar refractivity (Wildman–Crippen MR) is 127 cm³/mol. The van der Waals surface area contributed by atoms with E-state index in [1.165, 1.54) is 7.11 Å². The summed E-state index contributed by atoms with van der Waals surface area (Å²) < 4.78 is 40.7. The number of primary sulfonamides is 1. The lowest BCUT2D eigenvalue weighted by molar-refractivity contribution is 0.0716. The van der Waals surface area contributed by atoms with Crippen LogP contribution in [0.3, 0.4) is 0 Å². The van der Waals surface area contributed by atoms with Crippen LogP contribution in [0.2, 0.25) is 0 Å².